The smallest absolute Gasteiger partial charge is 0.221 e. The molecule has 1 aliphatic carbocycles. The molecule has 0 aromatic heterocycles. The Morgan fingerprint density at radius 1 is 1.56 bits per heavy atom. The van der Waals surface area contributed by atoms with Crippen LogP contribution in [0.15, 0.2) is 6.07 Å². The first-order valence-electron chi connectivity index (χ1n) is 5.80. The summed E-state index contributed by atoms with van der Waals surface area (Å²) in [6, 6.07) is 1.15. The molecule has 2 rings (SSSR count). The lowest BCUT2D eigenvalue weighted by molar-refractivity contribution is -0.117. The molecule has 0 bridgehead atoms. The molecule has 4 nitrogen and oxygen atoms in total. The largest absolute Gasteiger partial charge is 0.369 e. The predicted molar refractivity (Wildman–Crippen MR) is 69.7 cm³/mol. The first-order chi connectivity index (χ1) is 8.41. The number of primary amides is 1. The van der Waals surface area contributed by atoms with Crippen molar-refractivity contribution in [3.05, 3.63) is 33.3 Å². The van der Waals surface area contributed by atoms with E-state index in [0.717, 1.165) is 11.1 Å². The van der Waals surface area contributed by atoms with Crippen LogP contribution >= 0.6 is 11.6 Å². The summed E-state index contributed by atoms with van der Waals surface area (Å²) in [6.45, 7) is 1.87. The minimum atomic E-state index is -0.496. The molecule has 0 radical (unpaired) electrons. The second-order valence-corrected chi connectivity index (χ2v) is 5.06. The van der Waals surface area contributed by atoms with Gasteiger partial charge in [-0.05, 0) is 42.5 Å². The van der Waals surface area contributed by atoms with Crippen LogP contribution in [-0.2, 0) is 17.6 Å². The number of ketones is 1. The molecule has 0 saturated heterocycles. The van der Waals surface area contributed by atoms with E-state index in [4.69, 9.17) is 23.1 Å². The number of benzene rings is 1. The van der Waals surface area contributed by atoms with Gasteiger partial charge in [0, 0.05) is 10.6 Å². The summed E-state index contributed by atoms with van der Waals surface area (Å²) in [5, 5.41) is 0.563. The number of Topliss-reactive ketones (excluding diaryl/α,β-unsaturated/α-hetero) is 1. The first kappa shape index (κ1) is 13.1. The summed E-state index contributed by atoms with van der Waals surface area (Å²) in [5.74, 6) is -0.601. The number of rotatable bonds is 2. The summed E-state index contributed by atoms with van der Waals surface area (Å²) in [7, 11) is 0. The fraction of sp³-hybridized carbons (Fsp3) is 0.385. The van der Waals surface area contributed by atoms with Gasteiger partial charge >= 0.3 is 0 Å². The van der Waals surface area contributed by atoms with Gasteiger partial charge in [-0.1, -0.05) is 11.6 Å². The van der Waals surface area contributed by atoms with Crippen molar-refractivity contribution in [1.82, 2.24) is 0 Å². The molecule has 0 fully saturated rings. The molecular weight excluding hydrogens is 252 g/mol. The van der Waals surface area contributed by atoms with E-state index in [0.29, 0.717) is 29.0 Å². The van der Waals surface area contributed by atoms with Crippen LogP contribution in [0.1, 0.15) is 33.5 Å². The fourth-order valence-corrected chi connectivity index (χ4v) is 2.67. The molecular formula is C13H15ClN2O2. The van der Waals surface area contributed by atoms with Gasteiger partial charge in [0.2, 0.25) is 5.91 Å². The average Bonchev–Trinajstić information content (AvgIpc) is 2.28. The van der Waals surface area contributed by atoms with E-state index >= 15 is 0 Å². The average molecular weight is 267 g/mol. The number of halogens is 1. The Balaban J connectivity index is 2.64. The van der Waals surface area contributed by atoms with Gasteiger partial charge in [-0.2, -0.15) is 0 Å². The second kappa shape index (κ2) is 4.71. The molecule has 0 spiro atoms. The third kappa shape index (κ3) is 2.13. The Labute approximate surface area is 110 Å². The third-order valence-electron chi connectivity index (χ3n) is 3.39. The van der Waals surface area contributed by atoms with Crippen LogP contribution in [0.2, 0.25) is 5.02 Å². The number of fused-ring (bicyclic) bond motifs is 1. The highest BCUT2D eigenvalue weighted by Gasteiger charge is 2.29. The van der Waals surface area contributed by atoms with Crippen molar-refractivity contribution >= 4 is 23.3 Å². The van der Waals surface area contributed by atoms with Gasteiger partial charge in [0.15, 0.2) is 5.78 Å². The van der Waals surface area contributed by atoms with Crippen LogP contribution < -0.4 is 11.5 Å². The number of hydrogen-bond donors (Lipinski definition) is 2. The monoisotopic (exact) mass is 266 g/mol. The van der Waals surface area contributed by atoms with Gasteiger partial charge in [-0.3, -0.25) is 9.59 Å². The van der Waals surface area contributed by atoms with Gasteiger partial charge in [-0.15, -0.1) is 0 Å². The zero-order chi connectivity index (χ0) is 13.4. The van der Waals surface area contributed by atoms with E-state index in [1.54, 1.807) is 6.07 Å². The maximum absolute atomic E-state index is 12.2. The molecule has 1 unspecified atom stereocenters. The molecule has 1 amide bonds. The Kier molecular flexibility index (Phi) is 3.41. The van der Waals surface area contributed by atoms with Crippen LogP contribution in [0.4, 0.5) is 0 Å². The first-order valence-corrected chi connectivity index (χ1v) is 6.18. The van der Waals surface area contributed by atoms with E-state index in [9.17, 15) is 9.59 Å². The number of nitrogens with two attached hydrogens (primary N) is 2. The van der Waals surface area contributed by atoms with Crippen LogP contribution in [0.3, 0.4) is 0 Å². The molecule has 18 heavy (non-hydrogen) atoms. The van der Waals surface area contributed by atoms with E-state index in [2.05, 4.69) is 0 Å². The molecule has 1 aliphatic rings. The van der Waals surface area contributed by atoms with Crippen LogP contribution in [0, 0.1) is 6.92 Å². The van der Waals surface area contributed by atoms with Gasteiger partial charge in [0.05, 0.1) is 12.5 Å². The number of carbonyl (C=O) groups excluding carboxylic acids is 2. The maximum Gasteiger partial charge on any atom is 0.221 e. The van der Waals surface area contributed by atoms with E-state index in [1.807, 2.05) is 6.92 Å². The Morgan fingerprint density at radius 3 is 2.83 bits per heavy atom. The zero-order valence-electron chi connectivity index (χ0n) is 10.1. The zero-order valence-corrected chi connectivity index (χ0v) is 10.9. The van der Waals surface area contributed by atoms with Crippen molar-refractivity contribution in [2.75, 3.05) is 0 Å². The molecule has 1 atom stereocenters. The summed E-state index contributed by atoms with van der Waals surface area (Å²) in [4.78, 5) is 23.2. The minimum absolute atomic E-state index is 0.0147. The molecule has 0 aliphatic heterocycles. The van der Waals surface area contributed by atoms with Crippen molar-refractivity contribution in [2.45, 2.75) is 32.2 Å². The van der Waals surface area contributed by atoms with Crippen LogP contribution in [0.5, 0.6) is 0 Å². The highest BCUT2D eigenvalue weighted by Crippen LogP contribution is 2.32. The fourth-order valence-electron chi connectivity index (χ4n) is 2.42. The maximum atomic E-state index is 12.2. The van der Waals surface area contributed by atoms with Crippen molar-refractivity contribution in [2.24, 2.45) is 11.5 Å². The number of carbonyl (C=O) groups is 2. The third-order valence-corrected chi connectivity index (χ3v) is 3.78. The van der Waals surface area contributed by atoms with Crippen molar-refractivity contribution < 1.29 is 9.59 Å². The highest BCUT2D eigenvalue weighted by atomic mass is 35.5. The van der Waals surface area contributed by atoms with Crippen molar-refractivity contribution in [3.63, 3.8) is 0 Å². The SMILES string of the molecule is Cc1c(Cl)cc(CC(N)=O)c2c1CCC(N)C2=O. The quantitative estimate of drug-likeness (QED) is 0.841. The van der Waals surface area contributed by atoms with Gasteiger partial charge < -0.3 is 11.5 Å². The predicted octanol–water partition coefficient (Wildman–Crippen LogP) is 1.13. The number of amides is 1. The molecule has 0 heterocycles. The normalized spacial score (nSPS) is 18.6. The minimum Gasteiger partial charge on any atom is -0.369 e. The molecule has 1 aromatic rings. The Morgan fingerprint density at radius 2 is 2.22 bits per heavy atom. The molecule has 96 valence electrons. The molecule has 4 N–H and O–H groups in total. The Bertz CT molecular complexity index is 540. The molecule has 1 aromatic carbocycles. The lowest BCUT2D eigenvalue weighted by Crippen LogP contribution is -2.36. The second-order valence-electron chi connectivity index (χ2n) is 4.65. The van der Waals surface area contributed by atoms with Crippen LogP contribution in [-0.4, -0.2) is 17.7 Å². The molecule has 5 heteroatoms. The molecule has 0 saturated carbocycles. The highest BCUT2D eigenvalue weighted by molar-refractivity contribution is 6.31. The Hall–Kier alpha value is -1.39. The number of hydrogen-bond acceptors (Lipinski definition) is 3. The van der Waals surface area contributed by atoms with Gasteiger partial charge in [0.1, 0.15) is 0 Å². The summed E-state index contributed by atoms with van der Waals surface area (Å²) >= 11 is 6.12. The van der Waals surface area contributed by atoms with E-state index < -0.39 is 11.9 Å². The standard InChI is InChI=1S/C13H15ClN2O2/c1-6-8-2-3-10(15)13(18)12(8)7(4-9(6)14)5-11(16)17/h4,10H,2-3,5,15H2,1H3,(H2,16,17). The van der Waals surface area contributed by atoms with E-state index in [1.165, 1.54) is 0 Å². The van der Waals surface area contributed by atoms with Gasteiger partial charge in [0.25, 0.3) is 0 Å². The topological polar surface area (TPSA) is 86.2 Å². The lowest BCUT2D eigenvalue weighted by atomic mass is 9.81. The van der Waals surface area contributed by atoms with Gasteiger partial charge in [-0.25, -0.2) is 0 Å². The van der Waals surface area contributed by atoms with Crippen LogP contribution in [0.25, 0.3) is 0 Å². The van der Waals surface area contributed by atoms with Crippen molar-refractivity contribution in [3.8, 4) is 0 Å². The summed E-state index contributed by atoms with van der Waals surface area (Å²) in [6.07, 6.45) is 1.34. The van der Waals surface area contributed by atoms with E-state index in [-0.39, 0.29) is 12.2 Å². The summed E-state index contributed by atoms with van der Waals surface area (Å²) < 4.78 is 0. The van der Waals surface area contributed by atoms with Crippen molar-refractivity contribution in [1.29, 1.82) is 0 Å². The lowest BCUT2D eigenvalue weighted by Gasteiger charge is -2.25. The summed E-state index contributed by atoms with van der Waals surface area (Å²) in [5.41, 5.74) is 13.9.